The Balaban J connectivity index is 2.22. The van der Waals surface area contributed by atoms with Crippen molar-refractivity contribution in [3.05, 3.63) is 77.1 Å². The molecule has 0 saturated heterocycles. The van der Waals surface area contributed by atoms with Crippen LogP contribution >= 0.6 is 0 Å². The van der Waals surface area contributed by atoms with Gasteiger partial charge < -0.3 is 0 Å². The highest BCUT2D eigenvalue weighted by molar-refractivity contribution is 5.78. The quantitative estimate of drug-likeness (QED) is 0.482. The number of para-hydroxylation sites is 1. The molecular weight excluding hydrogens is 318 g/mol. The molecule has 0 aliphatic rings. The van der Waals surface area contributed by atoms with Crippen LogP contribution in [0.25, 0.3) is 28.1 Å². The lowest BCUT2D eigenvalue weighted by molar-refractivity contribution is -0.556. The van der Waals surface area contributed by atoms with Crippen molar-refractivity contribution >= 4 is 11.0 Å². The molecule has 0 unspecified atom stereocenters. The van der Waals surface area contributed by atoms with Crippen molar-refractivity contribution in [3.63, 3.8) is 0 Å². The maximum atomic E-state index is 4.40. The minimum absolute atomic E-state index is 1.16. The normalized spacial score (nSPS) is 11.3. The van der Waals surface area contributed by atoms with E-state index in [1.54, 1.807) is 0 Å². The molecular formula is C23H24N3+. The minimum atomic E-state index is 1.16. The van der Waals surface area contributed by atoms with Gasteiger partial charge in [0.15, 0.2) is 11.0 Å². The zero-order valence-corrected chi connectivity index (χ0v) is 16.0. The zero-order valence-electron chi connectivity index (χ0n) is 16.0. The summed E-state index contributed by atoms with van der Waals surface area (Å²) in [5.41, 5.74) is 9.88. The Morgan fingerprint density at radius 3 is 2.31 bits per heavy atom. The van der Waals surface area contributed by atoms with Gasteiger partial charge in [0, 0.05) is 12.4 Å². The zero-order chi connectivity index (χ0) is 18.4. The van der Waals surface area contributed by atoms with Crippen molar-refractivity contribution in [1.82, 2.24) is 9.55 Å². The summed E-state index contributed by atoms with van der Waals surface area (Å²) in [5, 5.41) is 0. The first-order valence-electron chi connectivity index (χ1n) is 8.97. The lowest BCUT2D eigenvalue weighted by Crippen LogP contribution is -2.35. The molecule has 4 aromatic rings. The second kappa shape index (κ2) is 6.10. The second-order valence-electron chi connectivity index (χ2n) is 7.14. The Bertz CT molecular complexity index is 1120. The summed E-state index contributed by atoms with van der Waals surface area (Å²) < 4.78 is 4.68. The Morgan fingerprint density at radius 1 is 0.885 bits per heavy atom. The maximum absolute atomic E-state index is 4.40. The van der Waals surface area contributed by atoms with E-state index in [0.717, 1.165) is 11.4 Å². The van der Waals surface area contributed by atoms with Gasteiger partial charge >= 0.3 is 0 Å². The first kappa shape index (κ1) is 16.5. The average Bonchev–Trinajstić information content (AvgIpc) is 2.88. The van der Waals surface area contributed by atoms with Crippen LogP contribution in [0, 0.1) is 27.7 Å². The number of hydrogen-bond acceptors (Lipinski definition) is 1. The smallest absolute Gasteiger partial charge is 0.264 e. The topological polar surface area (TPSA) is 21.7 Å². The minimum Gasteiger partial charge on any atom is -0.264 e. The number of pyridine rings is 1. The highest BCUT2D eigenvalue weighted by Gasteiger charge is 2.28. The number of aryl methyl sites for hydroxylation is 5. The van der Waals surface area contributed by atoms with Gasteiger partial charge in [0.2, 0.25) is 0 Å². The van der Waals surface area contributed by atoms with Crippen molar-refractivity contribution in [2.24, 2.45) is 7.05 Å². The van der Waals surface area contributed by atoms with Gasteiger partial charge in [-0.2, -0.15) is 4.57 Å². The highest BCUT2D eigenvalue weighted by atomic mass is 15.2. The van der Waals surface area contributed by atoms with Gasteiger partial charge in [-0.25, -0.2) is 4.57 Å². The van der Waals surface area contributed by atoms with Crippen LogP contribution in [0.4, 0.5) is 0 Å². The third-order valence-electron chi connectivity index (χ3n) is 5.21. The number of fused-ring (bicyclic) bond motifs is 1. The van der Waals surface area contributed by atoms with Crippen molar-refractivity contribution in [3.8, 4) is 17.1 Å². The molecule has 26 heavy (non-hydrogen) atoms. The van der Waals surface area contributed by atoms with Gasteiger partial charge in [-0.3, -0.25) is 4.98 Å². The lowest BCUT2D eigenvalue weighted by Gasteiger charge is -2.10. The Hall–Kier alpha value is -2.94. The molecule has 0 amide bonds. The SMILES string of the molecule is Cc1ccc2c(c1)n(C)c(-c1cnccc1C)[n+]2-c1c(C)cccc1C. The van der Waals surface area contributed by atoms with E-state index in [9.17, 15) is 0 Å². The molecule has 4 rings (SSSR count). The third-order valence-corrected chi connectivity index (χ3v) is 5.21. The first-order chi connectivity index (χ1) is 12.5. The predicted molar refractivity (Wildman–Crippen MR) is 107 cm³/mol. The fourth-order valence-electron chi connectivity index (χ4n) is 3.85. The summed E-state index contributed by atoms with van der Waals surface area (Å²) in [5.74, 6) is 1.16. The van der Waals surface area contributed by atoms with Crippen LogP contribution in [-0.2, 0) is 7.05 Å². The standard InChI is InChI=1S/C23H24N3/c1-15-9-10-20-21(13-15)25(5)23(19-14-24-12-11-16(19)2)26(20)22-17(3)7-6-8-18(22)4/h6-14H,1-5H3/q+1. The first-order valence-corrected chi connectivity index (χ1v) is 8.97. The summed E-state index contributed by atoms with van der Waals surface area (Å²) in [7, 11) is 2.15. The van der Waals surface area contributed by atoms with Crippen LogP contribution < -0.4 is 4.57 Å². The summed E-state index contributed by atoms with van der Waals surface area (Å²) in [4.78, 5) is 4.40. The summed E-state index contributed by atoms with van der Waals surface area (Å²) in [6, 6.07) is 15.2. The van der Waals surface area contributed by atoms with E-state index < -0.39 is 0 Å². The van der Waals surface area contributed by atoms with Crippen molar-refractivity contribution < 1.29 is 4.57 Å². The average molecular weight is 342 g/mol. The molecule has 0 spiro atoms. The molecule has 0 atom stereocenters. The molecule has 2 aromatic carbocycles. The van der Waals surface area contributed by atoms with Crippen LogP contribution in [0.2, 0.25) is 0 Å². The van der Waals surface area contributed by atoms with Gasteiger partial charge in [-0.1, -0.05) is 24.3 Å². The van der Waals surface area contributed by atoms with Crippen molar-refractivity contribution in [2.45, 2.75) is 27.7 Å². The van der Waals surface area contributed by atoms with E-state index >= 15 is 0 Å². The van der Waals surface area contributed by atoms with E-state index in [1.165, 1.54) is 39.0 Å². The van der Waals surface area contributed by atoms with E-state index in [1.807, 2.05) is 12.4 Å². The third kappa shape index (κ3) is 2.43. The number of aromatic nitrogens is 3. The molecule has 0 aliphatic heterocycles. The fraction of sp³-hybridized carbons (Fsp3) is 0.217. The van der Waals surface area contributed by atoms with Gasteiger partial charge in [0.25, 0.3) is 5.82 Å². The Morgan fingerprint density at radius 2 is 1.62 bits per heavy atom. The number of imidazole rings is 1. The number of rotatable bonds is 2. The largest absolute Gasteiger partial charge is 0.296 e. The van der Waals surface area contributed by atoms with E-state index in [0.29, 0.717) is 0 Å². The predicted octanol–water partition coefficient (Wildman–Crippen LogP) is 4.75. The Kier molecular flexibility index (Phi) is 3.87. The number of nitrogens with zero attached hydrogens (tertiary/aromatic N) is 3. The number of hydrogen-bond donors (Lipinski definition) is 0. The van der Waals surface area contributed by atoms with Crippen LogP contribution in [-0.4, -0.2) is 9.55 Å². The van der Waals surface area contributed by atoms with Gasteiger partial charge in [-0.05, 0) is 68.1 Å². The van der Waals surface area contributed by atoms with Gasteiger partial charge in [0.05, 0.1) is 12.6 Å². The number of benzene rings is 2. The lowest BCUT2D eigenvalue weighted by atomic mass is 10.1. The summed E-state index contributed by atoms with van der Waals surface area (Å²) in [6.45, 7) is 8.66. The Labute approximate surface area is 154 Å². The van der Waals surface area contributed by atoms with Crippen LogP contribution in [0.5, 0.6) is 0 Å². The fourth-order valence-corrected chi connectivity index (χ4v) is 3.85. The molecule has 3 nitrogen and oxygen atoms in total. The molecule has 2 heterocycles. The van der Waals surface area contributed by atoms with Gasteiger partial charge in [-0.15, -0.1) is 0 Å². The van der Waals surface area contributed by atoms with E-state index in [4.69, 9.17) is 0 Å². The van der Waals surface area contributed by atoms with E-state index in [-0.39, 0.29) is 0 Å². The molecule has 0 bridgehead atoms. The summed E-state index contributed by atoms with van der Waals surface area (Å²) >= 11 is 0. The van der Waals surface area contributed by atoms with E-state index in [2.05, 4.69) is 91.3 Å². The van der Waals surface area contributed by atoms with Crippen LogP contribution in [0.15, 0.2) is 54.9 Å². The maximum Gasteiger partial charge on any atom is 0.296 e. The van der Waals surface area contributed by atoms with Gasteiger partial charge in [0.1, 0.15) is 5.69 Å². The molecule has 130 valence electrons. The highest BCUT2D eigenvalue weighted by Crippen LogP contribution is 2.28. The molecule has 2 aromatic heterocycles. The molecule has 0 saturated carbocycles. The van der Waals surface area contributed by atoms with Crippen molar-refractivity contribution in [1.29, 1.82) is 0 Å². The molecule has 0 aliphatic carbocycles. The van der Waals surface area contributed by atoms with Crippen LogP contribution in [0.1, 0.15) is 22.3 Å². The van der Waals surface area contributed by atoms with Crippen molar-refractivity contribution in [2.75, 3.05) is 0 Å². The molecule has 0 N–H and O–H groups in total. The molecule has 0 fully saturated rings. The van der Waals surface area contributed by atoms with Crippen LogP contribution in [0.3, 0.4) is 0 Å². The summed E-state index contributed by atoms with van der Waals surface area (Å²) in [6.07, 6.45) is 3.83. The second-order valence-corrected chi connectivity index (χ2v) is 7.14. The monoisotopic (exact) mass is 342 g/mol. The molecule has 0 radical (unpaired) electrons. The molecule has 3 heteroatoms.